The van der Waals surface area contributed by atoms with Gasteiger partial charge >= 0.3 is 0 Å². The number of anilines is 1. The maximum absolute atomic E-state index is 8.99. The SMILES string of the molecule is Nc1ccc(Oc2cccc(CO)c2)cc1. The van der Waals surface area contributed by atoms with Crippen LogP contribution in [0.2, 0.25) is 0 Å². The van der Waals surface area contributed by atoms with Crippen LogP contribution in [0.15, 0.2) is 48.5 Å². The van der Waals surface area contributed by atoms with E-state index in [9.17, 15) is 0 Å². The summed E-state index contributed by atoms with van der Waals surface area (Å²) in [4.78, 5) is 0. The molecule has 0 unspecified atom stereocenters. The number of hydrogen-bond donors (Lipinski definition) is 2. The summed E-state index contributed by atoms with van der Waals surface area (Å²) in [5.41, 5.74) is 7.11. The molecule has 0 aliphatic heterocycles. The van der Waals surface area contributed by atoms with E-state index in [2.05, 4.69) is 0 Å². The zero-order chi connectivity index (χ0) is 11.4. The summed E-state index contributed by atoms with van der Waals surface area (Å²) in [5.74, 6) is 1.43. The molecule has 2 aromatic rings. The van der Waals surface area contributed by atoms with Crippen LogP contribution in [-0.2, 0) is 6.61 Å². The molecule has 0 bridgehead atoms. The maximum atomic E-state index is 8.99. The molecule has 0 amide bonds. The van der Waals surface area contributed by atoms with Crippen molar-refractivity contribution >= 4 is 5.69 Å². The van der Waals surface area contributed by atoms with E-state index in [1.165, 1.54) is 0 Å². The third kappa shape index (κ3) is 2.52. The first kappa shape index (κ1) is 10.5. The molecule has 3 heteroatoms. The molecule has 3 N–H and O–H groups in total. The average Bonchev–Trinajstić information content (AvgIpc) is 2.32. The Morgan fingerprint density at radius 1 is 1.00 bits per heavy atom. The quantitative estimate of drug-likeness (QED) is 0.773. The molecule has 0 fully saturated rings. The van der Waals surface area contributed by atoms with E-state index in [1.54, 1.807) is 30.3 Å². The second kappa shape index (κ2) is 4.68. The van der Waals surface area contributed by atoms with E-state index >= 15 is 0 Å². The number of hydrogen-bond acceptors (Lipinski definition) is 3. The van der Waals surface area contributed by atoms with Gasteiger partial charge in [-0.1, -0.05) is 12.1 Å². The highest BCUT2D eigenvalue weighted by molar-refractivity contribution is 5.43. The average molecular weight is 215 g/mol. The van der Waals surface area contributed by atoms with E-state index in [0.29, 0.717) is 11.4 Å². The summed E-state index contributed by atoms with van der Waals surface area (Å²) in [6.45, 7) is 0.0128. The third-order valence-electron chi connectivity index (χ3n) is 2.20. The van der Waals surface area contributed by atoms with Gasteiger partial charge in [0.25, 0.3) is 0 Å². The Hall–Kier alpha value is -2.00. The fourth-order valence-electron chi connectivity index (χ4n) is 1.38. The van der Waals surface area contributed by atoms with Crippen molar-refractivity contribution in [2.24, 2.45) is 0 Å². The van der Waals surface area contributed by atoms with Crippen LogP contribution in [0, 0.1) is 0 Å². The lowest BCUT2D eigenvalue weighted by molar-refractivity contribution is 0.281. The molecule has 0 spiro atoms. The molecule has 2 rings (SSSR count). The minimum atomic E-state index is 0.0128. The van der Waals surface area contributed by atoms with E-state index in [-0.39, 0.29) is 6.61 Å². The van der Waals surface area contributed by atoms with Gasteiger partial charge < -0.3 is 15.6 Å². The molecule has 0 atom stereocenters. The molecule has 0 saturated heterocycles. The van der Waals surface area contributed by atoms with Crippen molar-refractivity contribution in [3.63, 3.8) is 0 Å². The van der Waals surface area contributed by atoms with Crippen molar-refractivity contribution in [3.8, 4) is 11.5 Å². The topological polar surface area (TPSA) is 55.5 Å². The monoisotopic (exact) mass is 215 g/mol. The van der Waals surface area contributed by atoms with Crippen LogP contribution in [0.3, 0.4) is 0 Å². The van der Waals surface area contributed by atoms with Crippen LogP contribution < -0.4 is 10.5 Å². The molecule has 82 valence electrons. The van der Waals surface area contributed by atoms with Crippen molar-refractivity contribution < 1.29 is 9.84 Å². The minimum absolute atomic E-state index is 0.0128. The zero-order valence-corrected chi connectivity index (χ0v) is 8.76. The number of rotatable bonds is 3. The summed E-state index contributed by atoms with van der Waals surface area (Å²) in [6.07, 6.45) is 0. The van der Waals surface area contributed by atoms with Crippen LogP contribution >= 0.6 is 0 Å². The van der Waals surface area contributed by atoms with E-state index in [4.69, 9.17) is 15.6 Å². The third-order valence-corrected chi connectivity index (χ3v) is 2.20. The normalized spacial score (nSPS) is 10.1. The molecule has 16 heavy (non-hydrogen) atoms. The lowest BCUT2D eigenvalue weighted by atomic mass is 10.2. The molecule has 0 aromatic heterocycles. The molecule has 0 saturated carbocycles. The Morgan fingerprint density at radius 2 is 1.75 bits per heavy atom. The summed E-state index contributed by atoms with van der Waals surface area (Å²) in [7, 11) is 0. The smallest absolute Gasteiger partial charge is 0.127 e. The standard InChI is InChI=1S/C13H13NO2/c14-11-4-6-12(7-5-11)16-13-3-1-2-10(8-13)9-15/h1-8,15H,9,14H2. The van der Waals surface area contributed by atoms with Crippen molar-refractivity contribution in [2.45, 2.75) is 6.61 Å². The molecule has 0 aliphatic rings. The number of aliphatic hydroxyl groups excluding tert-OH is 1. The first-order chi connectivity index (χ1) is 7.78. The minimum Gasteiger partial charge on any atom is -0.457 e. The van der Waals surface area contributed by atoms with Crippen LogP contribution in [0.5, 0.6) is 11.5 Å². The summed E-state index contributed by atoms with van der Waals surface area (Å²) < 4.78 is 5.61. The number of nitrogen functional groups attached to an aromatic ring is 1. The molecule has 0 heterocycles. The number of nitrogens with two attached hydrogens (primary N) is 1. The van der Waals surface area contributed by atoms with Gasteiger partial charge in [0.05, 0.1) is 6.61 Å². The van der Waals surface area contributed by atoms with Gasteiger partial charge in [0.1, 0.15) is 11.5 Å². The molecular formula is C13H13NO2. The predicted molar refractivity (Wildman–Crippen MR) is 63.3 cm³/mol. The maximum Gasteiger partial charge on any atom is 0.127 e. The molecule has 3 nitrogen and oxygen atoms in total. The number of ether oxygens (including phenoxy) is 1. The van der Waals surface area contributed by atoms with Gasteiger partial charge in [-0.3, -0.25) is 0 Å². The molecule has 2 aromatic carbocycles. The van der Waals surface area contributed by atoms with Gasteiger partial charge in [-0.15, -0.1) is 0 Å². The van der Waals surface area contributed by atoms with E-state index < -0.39 is 0 Å². The highest BCUT2D eigenvalue weighted by Crippen LogP contribution is 2.22. The van der Waals surface area contributed by atoms with Crippen LogP contribution in [0.4, 0.5) is 5.69 Å². The van der Waals surface area contributed by atoms with Gasteiger partial charge in [-0.25, -0.2) is 0 Å². The van der Waals surface area contributed by atoms with Crippen LogP contribution in [0.1, 0.15) is 5.56 Å². The molecule has 0 aliphatic carbocycles. The zero-order valence-electron chi connectivity index (χ0n) is 8.76. The Bertz CT molecular complexity index is 466. The Labute approximate surface area is 94.1 Å². The summed E-state index contributed by atoms with van der Waals surface area (Å²) in [6, 6.07) is 14.5. The van der Waals surface area contributed by atoms with Crippen molar-refractivity contribution in [1.82, 2.24) is 0 Å². The van der Waals surface area contributed by atoms with Crippen molar-refractivity contribution in [1.29, 1.82) is 0 Å². The number of benzene rings is 2. The van der Waals surface area contributed by atoms with E-state index in [0.717, 1.165) is 11.3 Å². The predicted octanol–water partition coefficient (Wildman–Crippen LogP) is 2.55. The van der Waals surface area contributed by atoms with Gasteiger partial charge in [0, 0.05) is 5.69 Å². The largest absolute Gasteiger partial charge is 0.457 e. The second-order valence-electron chi connectivity index (χ2n) is 3.48. The van der Waals surface area contributed by atoms with Crippen molar-refractivity contribution in [3.05, 3.63) is 54.1 Å². The summed E-state index contributed by atoms with van der Waals surface area (Å²) >= 11 is 0. The highest BCUT2D eigenvalue weighted by Gasteiger charge is 1.98. The van der Waals surface area contributed by atoms with Gasteiger partial charge in [0.2, 0.25) is 0 Å². The first-order valence-corrected chi connectivity index (χ1v) is 5.01. The van der Waals surface area contributed by atoms with Crippen LogP contribution in [0.25, 0.3) is 0 Å². The fraction of sp³-hybridized carbons (Fsp3) is 0.0769. The van der Waals surface area contributed by atoms with Gasteiger partial charge in [-0.05, 0) is 42.0 Å². The fourth-order valence-corrected chi connectivity index (χ4v) is 1.38. The Morgan fingerprint density at radius 3 is 2.44 bits per heavy atom. The molecule has 0 radical (unpaired) electrons. The van der Waals surface area contributed by atoms with Gasteiger partial charge in [-0.2, -0.15) is 0 Å². The Kier molecular flexibility index (Phi) is 3.08. The number of aliphatic hydroxyl groups is 1. The molecular weight excluding hydrogens is 202 g/mol. The van der Waals surface area contributed by atoms with Crippen molar-refractivity contribution in [2.75, 3.05) is 5.73 Å². The lowest BCUT2D eigenvalue weighted by Crippen LogP contribution is -1.88. The van der Waals surface area contributed by atoms with Crippen LogP contribution in [-0.4, -0.2) is 5.11 Å². The highest BCUT2D eigenvalue weighted by atomic mass is 16.5. The Balaban J connectivity index is 2.16. The first-order valence-electron chi connectivity index (χ1n) is 5.01. The summed E-state index contributed by atoms with van der Waals surface area (Å²) in [5, 5.41) is 8.99. The lowest BCUT2D eigenvalue weighted by Gasteiger charge is -2.06. The van der Waals surface area contributed by atoms with E-state index in [1.807, 2.05) is 18.2 Å². The second-order valence-corrected chi connectivity index (χ2v) is 3.48. The van der Waals surface area contributed by atoms with Gasteiger partial charge in [0.15, 0.2) is 0 Å².